The van der Waals surface area contributed by atoms with E-state index in [1.807, 2.05) is 31.2 Å². The number of carbonyl (C=O) groups is 1. The van der Waals surface area contributed by atoms with E-state index in [4.69, 9.17) is 4.74 Å². The minimum Gasteiger partial charge on any atom is -0.496 e. The quantitative estimate of drug-likeness (QED) is 0.759. The molecule has 4 nitrogen and oxygen atoms in total. The minimum absolute atomic E-state index is 0.0302. The van der Waals surface area contributed by atoms with Gasteiger partial charge in [0.05, 0.1) is 18.1 Å². The molecule has 0 aromatic heterocycles. The number of fused-ring (bicyclic) bond motifs is 1. The molecule has 0 aliphatic heterocycles. The highest BCUT2D eigenvalue weighted by molar-refractivity contribution is 9.10. The Morgan fingerprint density at radius 2 is 2.00 bits per heavy atom. The summed E-state index contributed by atoms with van der Waals surface area (Å²) in [5.74, 6) is 0.766. The fraction of sp³-hybridized carbons (Fsp3) is 0.350. The molecule has 25 heavy (non-hydrogen) atoms. The number of hydrogen-bond donors (Lipinski definition) is 2. The maximum atomic E-state index is 12.2. The summed E-state index contributed by atoms with van der Waals surface area (Å²) in [6, 6.07) is 12.2. The second-order valence-electron chi connectivity index (χ2n) is 6.38. The van der Waals surface area contributed by atoms with Crippen molar-refractivity contribution in [3.63, 3.8) is 0 Å². The lowest BCUT2D eigenvalue weighted by molar-refractivity contribution is -0.115. The Morgan fingerprint density at radius 3 is 2.76 bits per heavy atom. The van der Waals surface area contributed by atoms with E-state index in [0.29, 0.717) is 0 Å². The summed E-state index contributed by atoms with van der Waals surface area (Å²) in [7, 11) is 1.64. The van der Waals surface area contributed by atoms with Gasteiger partial charge in [-0.2, -0.15) is 0 Å². The molecule has 0 heterocycles. The third-order valence-electron chi connectivity index (χ3n) is 4.63. The summed E-state index contributed by atoms with van der Waals surface area (Å²) in [4.78, 5) is 12.2. The van der Waals surface area contributed by atoms with Crippen LogP contribution in [-0.2, 0) is 17.6 Å². The van der Waals surface area contributed by atoms with Crippen molar-refractivity contribution >= 4 is 27.5 Å². The van der Waals surface area contributed by atoms with Crippen LogP contribution in [0.5, 0.6) is 5.75 Å². The van der Waals surface area contributed by atoms with Crippen LogP contribution in [0.2, 0.25) is 0 Å². The topological polar surface area (TPSA) is 50.4 Å². The molecule has 1 atom stereocenters. The van der Waals surface area contributed by atoms with E-state index in [9.17, 15) is 4.79 Å². The van der Waals surface area contributed by atoms with E-state index in [1.54, 1.807) is 7.11 Å². The highest BCUT2D eigenvalue weighted by atomic mass is 79.9. The summed E-state index contributed by atoms with van der Waals surface area (Å²) >= 11 is 3.49. The average molecular weight is 403 g/mol. The van der Waals surface area contributed by atoms with Gasteiger partial charge in [-0.3, -0.25) is 4.79 Å². The molecule has 5 heteroatoms. The van der Waals surface area contributed by atoms with E-state index in [-0.39, 0.29) is 18.5 Å². The molecule has 2 aromatic rings. The lowest BCUT2D eigenvalue weighted by Crippen LogP contribution is -2.30. The maximum Gasteiger partial charge on any atom is 0.238 e. The molecule has 0 saturated carbocycles. The Morgan fingerprint density at radius 1 is 1.20 bits per heavy atom. The van der Waals surface area contributed by atoms with Gasteiger partial charge in [0.2, 0.25) is 5.91 Å². The molecule has 0 saturated heterocycles. The maximum absolute atomic E-state index is 12.2. The largest absolute Gasteiger partial charge is 0.496 e. The molecule has 1 aliphatic rings. The van der Waals surface area contributed by atoms with Crippen LogP contribution in [0.1, 0.15) is 36.1 Å². The molecule has 0 unspecified atom stereocenters. The summed E-state index contributed by atoms with van der Waals surface area (Å²) in [6.45, 7) is 2.30. The third-order valence-corrected chi connectivity index (χ3v) is 5.25. The summed E-state index contributed by atoms with van der Waals surface area (Å²) in [5.41, 5.74) is 4.75. The number of aryl methyl sites for hydroxylation is 2. The first-order valence-corrected chi connectivity index (χ1v) is 9.34. The van der Waals surface area contributed by atoms with Crippen LogP contribution < -0.4 is 15.4 Å². The molecular weight excluding hydrogens is 380 g/mol. The predicted molar refractivity (Wildman–Crippen MR) is 104 cm³/mol. The lowest BCUT2D eigenvalue weighted by Gasteiger charge is -2.16. The summed E-state index contributed by atoms with van der Waals surface area (Å²) in [5, 5.41) is 6.24. The molecule has 1 amide bonds. The number of rotatable bonds is 6. The van der Waals surface area contributed by atoms with Crippen LogP contribution >= 0.6 is 15.9 Å². The van der Waals surface area contributed by atoms with E-state index in [2.05, 4.69) is 38.7 Å². The lowest BCUT2D eigenvalue weighted by atomic mass is 10.1. The average Bonchev–Trinajstić information content (AvgIpc) is 3.07. The van der Waals surface area contributed by atoms with Crippen molar-refractivity contribution in [1.82, 2.24) is 5.32 Å². The number of methoxy groups -OCH3 is 1. The van der Waals surface area contributed by atoms with Crippen molar-refractivity contribution in [3.8, 4) is 5.75 Å². The minimum atomic E-state index is -0.0302. The van der Waals surface area contributed by atoms with Gasteiger partial charge in [-0.15, -0.1) is 0 Å². The zero-order valence-electron chi connectivity index (χ0n) is 14.6. The first-order chi connectivity index (χ1) is 12.1. The van der Waals surface area contributed by atoms with Gasteiger partial charge in [0.25, 0.3) is 0 Å². The zero-order chi connectivity index (χ0) is 17.8. The number of amides is 1. The molecule has 0 radical (unpaired) electrons. The standard InChI is InChI=1S/C20H23BrN2O2/c1-13(15-7-9-19(25-2)18(21)11-15)22-12-20(24)23-17-8-6-14-4-3-5-16(14)10-17/h6-11,13,22H,3-5,12H2,1-2H3,(H,23,24)/t13-/m0/s1. The number of nitrogens with one attached hydrogen (secondary N) is 2. The Bertz CT molecular complexity index is 776. The van der Waals surface area contributed by atoms with Gasteiger partial charge in [-0.25, -0.2) is 0 Å². The van der Waals surface area contributed by atoms with Gasteiger partial charge in [0.1, 0.15) is 5.75 Å². The van der Waals surface area contributed by atoms with Gasteiger partial charge < -0.3 is 15.4 Å². The second kappa shape index (κ2) is 8.02. The van der Waals surface area contributed by atoms with Gasteiger partial charge in [-0.05, 0) is 83.1 Å². The highest BCUT2D eigenvalue weighted by Gasteiger charge is 2.13. The number of benzene rings is 2. The summed E-state index contributed by atoms with van der Waals surface area (Å²) in [6.07, 6.45) is 3.48. The Kier molecular flexibility index (Phi) is 5.76. The smallest absolute Gasteiger partial charge is 0.238 e. The first-order valence-electron chi connectivity index (χ1n) is 8.55. The van der Waals surface area contributed by atoms with Crippen molar-refractivity contribution in [1.29, 1.82) is 0 Å². The fourth-order valence-electron chi connectivity index (χ4n) is 3.17. The molecule has 132 valence electrons. The van der Waals surface area contributed by atoms with Gasteiger partial charge in [-0.1, -0.05) is 12.1 Å². The molecule has 2 N–H and O–H groups in total. The fourth-order valence-corrected chi connectivity index (χ4v) is 3.73. The molecule has 0 spiro atoms. The van der Waals surface area contributed by atoms with Crippen molar-refractivity contribution < 1.29 is 9.53 Å². The highest BCUT2D eigenvalue weighted by Crippen LogP contribution is 2.28. The summed E-state index contributed by atoms with van der Waals surface area (Å²) < 4.78 is 6.15. The van der Waals surface area contributed by atoms with Crippen LogP contribution in [0.3, 0.4) is 0 Å². The molecule has 0 fully saturated rings. The predicted octanol–water partition coefficient (Wildman–Crippen LogP) is 4.24. The zero-order valence-corrected chi connectivity index (χ0v) is 16.2. The number of halogens is 1. The van der Waals surface area contributed by atoms with Crippen molar-refractivity contribution in [2.45, 2.75) is 32.2 Å². The van der Waals surface area contributed by atoms with Crippen LogP contribution in [0.4, 0.5) is 5.69 Å². The van der Waals surface area contributed by atoms with Crippen LogP contribution in [0, 0.1) is 0 Å². The van der Waals surface area contributed by atoms with E-state index >= 15 is 0 Å². The molecule has 3 rings (SSSR count). The van der Waals surface area contributed by atoms with E-state index < -0.39 is 0 Å². The van der Waals surface area contributed by atoms with Gasteiger partial charge >= 0.3 is 0 Å². The van der Waals surface area contributed by atoms with E-state index in [1.165, 1.54) is 17.5 Å². The SMILES string of the molecule is COc1ccc([C@H](C)NCC(=O)Nc2ccc3c(c2)CCC3)cc1Br. The van der Waals surface area contributed by atoms with Gasteiger partial charge in [0.15, 0.2) is 0 Å². The third kappa shape index (κ3) is 4.41. The van der Waals surface area contributed by atoms with Crippen molar-refractivity contribution in [3.05, 3.63) is 57.6 Å². The number of anilines is 1. The molecular formula is C20H23BrN2O2. The van der Waals surface area contributed by atoms with Crippen molar-refractivity contribution in [2.24, 2.45) is 0 Å². The van der Waals surface area contributed by atoms with Crippen LogP contribution in [0.25, 0.3) is 0 Å². The normalized spacial score (nSPS) is 14.0. The Labute approximate surface area is 157 Å². The first kappa shape index (κ1) is 18.0. The monoisotopic (exact) mass is 402 g/mol. The van der Waals surface area contributed by atoms with Crippen LogP contribution in [-0.4, -0.2) is 19.6 Å². The van der Waals surface area contributed by atoms with Gasteiger partial charge in [0, 0.05) is 11.7 Å². The Balaban J connectivity index is 1.54. The van der Waals surface area contributed by atoms with Crippen LogP contribution in [0.15, 0.2) is 40.9 Å². The molecule has 1 aliphatic carbocycles. The number of ether oxygens (including phenoxy) is 1. The molecule has 0 bridgehead atoms. The van der Waals surface area contributed by atoms with Crippen molar-refractivity contribution in [2.75, 3.05) is 19.0 Å². The Hall–Kier alpha value is -1.85. The number of hydrogen-bond acceptors (Lipinski definition) is 3. The second-order valence-corrected chi connectivity index (χ2v) is 7.24. The molecule has 2 aromatic carbocycles. The van der Waals surface area contributed by atoms with E-state index in [0.717, 1.165) is 34.3 Å². The number of carbonyl (C=O) groups excluding carboxylic acids is 1.